The highest BCUT2D eigenvalue weighted by molar-refractivity contribution is 7.99. The number of aliphatic hydroxyl groups is 1. The number of thioether (sulfide) groups is 1. The largest absolute Gasteiger partial charge is 0.419 e. The summed E-state index contributed by atoms with van der Waals surface area (Å²) in [6, 6.07) is 3.05. The normalized spacial score (nSPS) is 15.4. The number of hydrogen-bond donors (Lipinski definition) is 2. The van der Waals surface area contributed by atoms with E-state index in [1.165, 1.54) is 17.8 Å². The Bertz CT molecular complexity index is 648. The molecule has 2 aromatic rings. The standard InChI is InChI=1S/C14H15F4NOS/c1-3-21-7-13(2,20)12-5-8-4-10(15)9(14(16,17)18)6-11(8)19-12/h4-6,19-20H,3,7H2,1-2H3/t13-/m0/s1. The molecule has 2 rings (SSSR count). The Labute approximate surface area is 123 Å². The number of benzene rings is 1. The summed E-state index contributed by atoms with van der Waals surface area (Å²) >= 11 is 1.51. The molecule has 1 aromatic carbocycles. The van der Waals surface area contributed by atoms with E-state index in [2.05, 4.69) is 4.98 Å². The fourth-order valence-corrected chi connectivity index (χ4v) is 2.80. The van der Waals surface area contributed by atoms with Gasteiger partial charge in [-0.2, -0.15) is 24.9 Å². The second kappa shape index (κ2) is 5.53. The van der Waals surface area contributed by atoms with Gasteiger partial charge in [0.2, 0.25) is 0 Å². The van der Waals surface area contributed by atoms with Crippen LogP contribution in [-0.4, -0.2) is 21.6 Å². The molecule has 0 radical (unpaired) electrons. The maximum atomic E-state index is 13.5. The molecular formula is C14H15F4NOS. The zero-order valence-electron chi connectivity index (χ0n) is 11.5. The van der Waals surface area contributed by atoms with Crippen molar-refractivity contribution in [1.82, 2.24) is 4.98 Å². The molecule has 0 saturated carbocycles. The first-order valence-electron chi connectivity index (χ1n) is 6.35. The molecule has 116 valence electrons. The number of hydrogen-bond acceptors (Lipinski definition) is 2. The third-order valence-corrected chi connectivity index (χ3v) is 4.36. The van der Waals surface area contributed by atoms with Crippen molar-refractivity contribution in [2.24, 2.45) is 0 Å². The van der Waals surface area contributed by atoms with Gasteiger partial charge in [-0.15, -0.1) is 0 Å². The number of fused-ring (bicyclic) bond motifs is 1. The predicted molar refractivity (Wildman–Crippen MR) is 75.8 cm³/mol. The van der Waals surface area contributed by atoms with Crippen molar-refractivity contribution < 1.29 is 22.7 Å². The molecule has 0 aliphatic heterocycles. The minimum Gasteiger partial charge on any atom is -0.383 e. The van der Waals surface area contributed by atoms with Crippen LogP contribution in [0.2, 0.25) is 0 Å². The van der Waals surface area contributed by atoms with E-state index in [0.717, 1.165) is 17.9 Å². The monoisotopic (exact) mass is 321 g/mol. The van der Waals surface area contributed by atoms with E-state index in [1.54, 1.807) is 6.92 Å². The van der Waals surface area contributed by atoms with Crippen LogP contribution < -0.4 is 0 Å². The summed E-state index contributed by atoms with van der Waals surface area (Å²) < 4.78 is 51.6. The van der Waals surface area contributed by atoms with Crippen LogP contribution in [0.15, 0.2) is 18.2 Å². The van der Waals surface area contributed by atoms with Crippen molar-refractivity contribution in [2.75, 3.05) is 11.5 Å². The zero-order valence-corrected chi connectivity index (χ0v) is 12.3. The molecule has 0 amide bonds. The van der Waals surface area contributed by atoms with Gasteiger partial charge in [0, 0.05) is 22.3 Å². The fraction of sp³-hybridized carbons (Fsp3) is 0.429. The summed E-state index contributed by atoms with van der Waals surface area (Å²) in [7, 11) is 0. The van der Waals surface area contributed by atoms with Gasteiger partial charge in [-0.1, -0.05) is 6.92 Å². The van der Waals surface area contributed by atoms with E-state index in [-0.39, 0.29) is 5.52 Å². The van der Waals surface area contributed by atoms with Gasteiger partial charge in [0.15, 0.2) is 0 Å². The number of aromatic nitrogens is 1. The molecule has 1 atom stereocenters. The predicted octanol–water partition coefficient (Wildman–Crippen LogP) is 4.29. The van der Waals surface area contributed by atoms with Gasteiger partial charge in [0.05, 0.1) is 5.56 Å². The maximum Gasteiger partial charge on any atom is 0.419 e. The van der Waals surface area contributed by atoms with Crippen molar-refractivity contribution in [3.63, 3.8) is 0 Å². The van der Waals surface area contributed by atoms with Crippen LogP contribution in [0.4, 0.5) is 17.6 Å². The fourth-order valence-electron chi connectivity index (χ4n) is 2.04. The lowest BCUT2D eigenvalue weighted by Crippen LogP contribution is -2.24. The molecule has 1 heterocycles. The first-order valence-corrected chi connectivity index (χ1v) is 7.50. The molecule has 0 spiro atoms. The number of rotatable bonds is 4. The molecule has 2 nitrogen and oxygen atoms in total. The quantitative estimate of drug-likeness (QED) is 0.824. The smallest absolute Gasteiger partial charge is 0.383 e. The Morgan fingerprint density at radius 2 is 1.90 bits per heavy atom. The minimum absolute atomic E-state index is 0.153. The van der Waals surface area contributed by atoms with Crippen LogP contribution in [0.25, 0.3) is 10.9 Å². The van der Waals surface area contributed by atoms with Crippen molar-refractivity contribution in [3.05, 3.63) is 35.3 Å². The molecule has 2 N–H and O–H groups in total. The molecule has 0 bridgehead atoms. The maximum absolute atomic E-state index is 13.5. The number of aromatic amines is 1. The van der Waals surface area contributed by atoms with E-state index in [0.29, 0.717) is 16.8 Å². The van der Waals surface area contributed by atoms with Gasteiger partial charge in [0.1, 0.15) is 11.4 Å². The van der Waals surface area contributed by atoms with Crippen LogP contribution in [0, 0.1) is 5.82 Å². The highest BCUT2D eigenvalue weighted by Gasteiger charge is 2.35. The Balaban J connectivity index is 2.47. The molecule has 0 fully saturated rings. The molecule has 0 aliphatic rings. The van der Waals surface area contributed by atoms with Gasteiger partial charge < -0.3 is 10.1 Å². The third kappa shape index (κ3) is 3.35. The molecule has 0 unspecified atom stereocenters. The average molecular weight is 321 g/mol. The van der Waals surface area contributed by atoms with Crippen LogP contribution in [0.5, 0.6) is 0 Å². The van der Waals surface area contributed by atoms with Crippen LogP contribution in [-0.2, 0) is 11.8 Å². The lowest BCUT2D eigenvalue weighted by Gasteiger charge is -2.21. The minimum atomic E-state index is -4.75. The first-order chi connectivity index (χ1) is 9.65. The van der Waals surface area contributed by atoms with E-state index in [4.69, 9.17) is 0 Å². The van der Waals surface area contributed by atoms with Crippen LogP contribution in [0.1, 0.15) is 25.1 Å². The SMILES string of the molecule is CCSC[C@](C)(O)c1cc2cc(F)c(C(F)(F)F)cc2[nH]1. The lowest BCUT2D eigenvalue weighted by atomic mass is 10.1. The zero-order chi connectivity index (χ0) is 15.8. The lowest BCUT2D eigenvalue weighted by molar-refractivity contribution is -0.139. The Kier molecular flexibility index (Phi) is 4.26. The molecule has 0 saturated heterocycles. The van der Waals surface area contributed by atoms with Gasteiger partial charge in [-0.3, -0.25) is 0 Å². The summed E-state index contributed by atoms with van der Waals surface area (Å²) in [5.41, 5.74) is -2.00. The number of halogens is 4. The van der Waals surface area contributed by atoms with Gasteiger partial charge in [-0.05, 0) is 30.9 Å². The molecule has 21 heavy (non-hydrogen) atoms. The summed E-state index contributed by atoms with van der Waals surface area (Å²) in [6.07, 6.45) is -4.75. The number of H-pyrrole nitrogens is 1. The highest BCUT2D eigenvalue weighted by atomic mass is 32.2. The Morgan fingerprint density at radius 1 is 1.24 bits per heavy atom. The van der Waals surface area contributed by atoms with Gasteiger partial charge in [-0.25, -0.2) is 4.39 Å². The summed E-state index contributed by atoms with van der Waals surface area (Å²) in [4.78, 5) is 2.75. The van der Waals surface area contributed by atoms with E-state index < -0.39 is 23.2 Å². The second-order valence-corrected chi connectivity index (χ2v) is 6.29. The highest BCUT2D eigenvalue weighted by Crippen LogP contribution is 2.35. The van der Waals surface area contributed by atoms with Crippen molar-refractivity contribution in [2.45, 2.75) is 25.6 Å². The van der Waals surface area contributed by atoms with Gasteiger partial charge >= 0.3 is 6.18 Å². The molecule has 7 heteroatoms. The van der Waals surface area contributed by atoms with Crippen LogP contribution >= 0.6 is 11.8 Å². The molecule has 0 aliphatic carbocycles. The average Bonchev–Trinajstić information content (AvgIpc) is 2.77. The molecule has 1 aromatic heterocycles. The number of alkyl halides is 3. The van der Waals surface area contributed by atoms with Crippen LogP contribution in [0.3, 0.4) is 0 Å². The molecular weight excluding hydrogens is 306 g/mol. The van der Waals surface area contributed by atoms with E-state index in [1.807, 2.05) is 6.92 Å². The van der Waals surface area contributed by atoms with Crippen molar-refractivity contribution in [3.8, 4) is 0 Å². The van der Waals surface area contributed by atoms with E-state index >= 15 is 0 Å². The number of nitrogens with one attached hydrogen (secondary N) is 1. The second-order valence-electron chi connectivity index (χ2n) is 5.01. The Hall–Kier alpha value is -1.21. The third-order valence-electron chi connectivity index (χ3n) is 3.18. The summed E-state index contributed by atoms with van der Waals surface area (Å²) in [5, 5.41) is 10.7. The Morgan fingerprint density at radius 3 is 2.48 bits per heavy atom. The first kappa shape index (κ1) is 16.2. The van der Waals surface area contributed by atoms with Crippen molar-refractivity contribution >= 4 is 22.7 Å². The topological polar surface area (TPSA) is 36.0 Å². The van der Waals surface area contributed by atoms with Gasteiger partial charge in [0.25, 0.3) is 0 Å². The van der Waals surface area contributed by atoms with Crippen molar-refractivity contribution in [1.29, 1.82) is 0 Å². The summed E-state index contributed by atoms with van der Waals surface area (Å²) in [6.45, 7) is 3.51. The van der Waals surface area contributed by atoms with E-state index in [9.17, 15) is 22.7 Å². The summed E-state index contributed by atoms with van der Waals surface area (Å²) in [5.74, 6) is -0.114.